The van der Waals surface area contributed by atoms with Crippen LogP contribution in [0.15, 0.2) is 36.4 Å². The number of piperidine rings is 2. The van der Waals surface area contributed by atoms with E-state index in [1.807, 2.05) is 12.1 Å². The van der Waals surface area contributed by atoms with Gasteiger partial charge in [-0.2, -0.15) is 0 Å². The molecule has 2 fully saturated rings. The molecule has 9 heteroatoms. The minimum Gasteiger partial charge on any atom is -0.493 e. The normalized spacial score (nSPS) is 21.7. The number of hydrogen-bond donors (Lipinski definition) is 2. The Bertz CT molecular complexity index is 1040. The number of amides is 2. The number of halogens is 1. The van der Waals surface area contributed by atoms with Crippen molar-refractivity contribution in [2.45, 2.75) is 50.2 Å². The summed E-state index contributed by atoms with van der Waals surface area (Å²) in [4.78, 5) is 28.1. The number of ether oxygens (including phenoxy) is 3. The summed E-state index contributed by atoms with van der Waals surface area (Å²) in [6.45, 7) is 0.329. The molecule has 0 aliphatic carbocycles. The number of hydrogen-bond acceptors (Lipinski definition) is 6. The maximum absolute atomic E-state index is 13.1. The average molecular weight is 502 g/mol. The zero-order valence-corrected chi connectivity index (χ0v) is 21.1. The first-order valence-corrected chi connectivity index (χ1v) is 12.2. The van der Waals surface area contributed by atoms with Crippen LogP contribution < -0.4 is 24.8 Å². The minimum absolute atomic E-state index is 0.0316. The highest BCUT2D eigenvalue weighted by Gasteiger charge is 2.39. The molecule has 4 rings (SSSR count). The van der Waals surface area contributed by atoms with Gasteiger partial charge in [-0.3, -0.25) is 14.5 Å². The third kappa shape index (κ3) is 5.82. The maximum Gasteiger partial charge on any atom is 0.251 e. The number of rotatable bonds is 8. The molecule has 0 radical (unpaired) electrons. The molecule has 188 valence electrons. The molecule has 0 aromatic heterocycles. The third-order valence-corrected chi connectivity index (χ3v) is 7.06. The Hall–Kier alpha value is -2.97. The summed E-state index contributed by atoms with van der Waals surface area (Å²) >= 11 is 6.03. The first kappa shape index (κ1) is 25.1. The number of nitrogens with zero attached hydrogens (tertiary/aromatic N) is 1. The summed E-state index contributed by atoms with van der Waals surface area (Å²) in [5.74, 6) is 1.10. The second-order valence-corrected chi connectivity index (χ2v) is 9.46. The summed E-state index contributed by atoms with van der Waals surface area (Å²) in [7, 11) is 4.58. The van der Waals surface area contributed by atoms with Crippen LogP contribution in [0, 0.1) is 0 Å². The van der Waals surface area contributed by atoms with E-state index >= 15 is 0 Å². The minimum atomic E-state index is -0.181. The van der Waals surface area contributed by atoms with Crippen molar-refractivity contribution in [2.75, 3.05) is 33.2 Å². The molecule has 2 N–H and O–H groups in total. The smallest absolute Gasteiger partial charge is 0.251 e. The highest BCUT2D eigenvalue weighted by molar-refractivity contribution is 6.30. The molecule has 3 atom stereocenters. The Morgan fingerprint density at radius 2 is 1.66 bits per heavy atom. The molecule has 1 unspecified atom stereocenters. The van der Waals surface area contributed by atoms with Crippen molar-refractivity contribution >= 4 is 29.1 Å². The van der Waals surface area contributed by atoms with Gasteiger partial charge in [0.1, 0.15) is 0 Å². The Morgan fingerprint density at radius 3 is 2.23 bits per heavy atom. The summed E-state index contributed by atoms with van der Waals surface area (Å²) in [6.07, 6.45) is 4.76. The predicted molar refractivity (Wildman–Crippen MR) is 135 cm³/mol. The van der Waals surface area contributed by atoms with E-state index < -0.39 is 0 Å². The van der Waals surface area contributed by atoms with Crippen LogP contribution in [0.1, 0.15) is 42.5 Å². The van der Waals surface area contributed by atoms with E-state index in [4.69, 9.17) is 25.8 Å². The molecule has 2 amide bonds. The van der Waals surface area contributed by atoms with Crippen molar-refractivity contribution in [3.8, 4) is 17.2 Å². The largest absolute Gasteiger partial charge is 0.493 e. The molecule has 0 saturated carbocycles. The zero-order chi connectivity index (χ0) is 24.9. The van der Waals surface area contributed by atoms with Gasteiger partial charge in [0.25, 0.3) is 5.91 Å². The molecule has 2 aliphatic rings. The number of nitrogens with one attached hydrogen (secondary N) is 2. The molecule has 2 saturated heterocycles. The predicted octanol–water partition coefficient (Wildman–Crippen LogP) is 4.12. The lowest BCUT2D eigenvalue weighted by Gasteiger charge is -2.48. The summed E-state index contributed by atoms with van der Waals surface area (Å²) < 4.78 is 16.1. The van der Waals surface area contributed by atoms with Gasteiger partial charge in [0.2, 0.25) is 11.7 Å². The second kappa shape index (κ2) is 11.2. The fourth-order valence-corrected chi connectivity index (χ4v) is 5.46. The van der Waals surface area contributed by atoms with Gasteiger partial charge in [-0.1, -0.05) is 24.1 Å². The summed E-state index contributed by atoms with van der Waals surface area (Å²) in [6, 6.07) is 11.0. The summed E-state index contributed by atoms with van der Waals surface area (Å²) in [5, 5.41) is 6.72. The van der Waals surface area contributed by atoms with Gasteiger partial charge in [0.15, 0.2) is 11.5 Å². The molecular weight excluding hydrogens is 470 g/mol. The van der Waals surface area contributed by atoms with Crippen LogP contribution >= 0.6 is 11.6 Å². The Kier molecular flexibility index (Phi) is 8.03. The van der Waals surface area contributed by atoms with E-state index in [0.717, 1.165) is 32.1 Å². The second-order valence-electron chi connectivity index (χ2n) is 9.03. The van der Waals surface area contributed by atoms with Crippen LogP contribution in [0.25, 0.3) is 0 Å². The van der Waals surface area contributed by atoms with Crippen LogP contribution in [0.3, 0.4) is 0 Å². The highest BCUT2D eigenvalue weighted by Crippen LogP contribution is 2.38. The topological polar surface area (TPSA) is 89.1 Å². The van der Waals surface area contributed by atoms with Crippen molar-refractivity contribution in [1.82, 2.24) is 10.2 Å². The number of fused-ring (bicyclic) bond motifs is 2. The molecular formula is C26H32ClN3O5. The van der Waals surface area contributed by atoms with Gasteiger partial charge in [0.05, 0.1) is 27.9 Å². The molecule has 2 aromatic rings. The fourth-order valence-electron chi connectivity index (χ4n) is 5.27. The van der Waals surface area contributed by atoms with Crippen molar-refractivity contribution in [3.63, 3.8) is 0 Å². The quantitative estimate of drug-likeness (QED) is 0.565. The van der Waals surface area contributed by atoms with Crippen LogP contribution in [0.5, 0.6) is 17.2 Å². The zero-order valence-electron chi connectivity index (χ0n) is 20.3. The third-order valence-electron chi connectivity index (χ3n) is 6.82. The van der Waals surface area contributed by atoms with E-state index in [1.54, 1.807) is 24.3 Å². The lowest BCUT2D eigenvalue weighted by molar-refractivity contribution is -0.120. The maximum atomic E-state index is 13.1. The molecule has 8 nitrogen and oxygen atoms in total. The lowest BCUT2D eigenvalue weighted by Crippen LogP contribution is -2.58. The molecule has 35 heavy (non-hydrogen) atoms. The highest BCUT2D eigenvalue weighted by atomic mass is 35.5. The van der Waals surface area contributed by atoms with E-state index in [0.29, 0.717) is 40.1 Å². The summed E-state index contributed by atoms with van der Waals surface area (Å²) in [5.41, 5.74) is 1.15. The number of benzene rings is 2. The monoisotopic (exact) mass is 501 g/mol. The Balaban J connectivity index is 1.40. The molecule has 2 heterocycles. The molecule has 2 aliphatic heterocycles. The van der Waals surface area contributed by atoms with Crippen LogP contribution in [0.4, 0.5) is 5.69 Å². The number of carbonyl (C=O) groups excluding carboxylic acids is 2. The van der Waals surface area contributed by atoms with Crippen LogP contribution in [-0.2, 0) is 4.79 Å². The van der Waals surface area contributed by atoms with E-state index in [9.17, 15) is 9.59 Å². The van der Waals surface area contributed by atoms with Crippen molar-refractivity contribution in [1.29, 1.82) is 0 Å². The standard InChI is InChI=1S/C26H32ClN3O5/c1-33-22-10-16(11-23(34-2)25(22)35-3)26(32)29-19-13-20-8-5-9-21(14-19)30(20)15-24(31)28-18-7-4-6-17(27)12-18/h4,6-7,10-12,19-21H,5,8-9,13-15H2,1-3H3,(H,28,31)(H,29,32)/t19?,20-,21+. The van der Waals surface area contributed by atoms with Gasteiger partial charge in [-0.05, 0) is 56.0 Å². The number of methoxy groups -OCH3 is 3. The Morgan fingerprint density at radius 1 is 1.00 bits per heavy atom. The van der Waals surface area contributed by atoms with Crippen molar-refractivity contribution < 1.29 is 23.8 Å². The fraction of sp³-hybridized carbons (Fsp3) is 0.462. The van der Waals surface area contributed by atoms with E-state index in [1.165, 1.54) is 21.3 Å². The van der Waals surface area contributed by atoms with E-state index in [-0.39, 0.29) is 29.9 Å². The van der Waals surface area contributed by atoms with Gasteiger partial charge < -0.3 is 24.8 Å². The van der Waals surface area contributed by atoms with Crippen molar-refractivity contribution in [3.05, 3.63) is 47.0 Å². The van der Waals surface area contributed by atoms with Gasteiger partial charge in [-0.15, -0.1) is 0 Å². The van der Waals surface area contributed by atoms with Gasteiger partial charge >= 0.3 is 0 Å². The molecule has 0 spiro atoms. The van der Waals surface area contributed by atoms with Gasteiger partial charge in [-0.25, -0.2) is 0 Å². The first-order chi connectivity index (χ1) is 16.9. The SMILES string of the molecule is COc1cc(C(=O)NC2C[C@H]3CCC[C@@H](C2)N3CC(=O)Nc2cccc(Cl)c2)cc(OC)c1OC. The number of anilines is 1. The van der Waals surface area contributed by atoms with Crippen LogP contribution in [0.2, 0.25) is 5.02 Å². The molecule has 2 bridgehead atoms. The van der Waals surface area contributed by atoms with E-state index in [2.05, 4.69) is 15.5 Å². The molecule has 2 aromatic carbocycles. The lowest BCUT2D eigenvalue weighted by atomic mass is 9.81. The van der Waals surface area contributed by atoms with Gasteiger partial charge in [0, 0.05) is 34.4 Å². The van der Waals surface area contributed by atoms with Crippen LogP contribution in [-0.4, -0.2) is 62.7 Å². The Labute approximate surface area is 210 Å². The first-order valence-electron chi connectivity index (χ1n) is 11.8. The van der Waals surface area contributed by atoms with Crippen molar-refractivity contribution in [2.24, 2.45) is 0 Å². The average Bonchev–Trinajstić information content (AvgIpc) is 2.83. The number of carbonyl (C=O) groups is 2.